The molecular weight excluding hydrogens is 250 g/mol. The fourth-order valence-electron chi connectivity index (χ4n) is 2.04. The highest BCUT2D eigenvalue weighted by Crippen LogP contribution is 2.19. The van der Waals surface area contributed by atoms with Crippen molar-refractivity contribution in [1.29, 1.82) is 5.26 Å². The molecule has 5 heteroatoms. The van der Waals surface area contributed by atoms with E-state index in [9.17, 15) is 5.26 Å². The van der Waals surface area contributed by atoms with E-state index in [1.807, 2.05) is 13.8 Å². The van der Waals surface area contributed by atoms with Crippen molar-refractivity contribution in [1.82, 2.24) is 15.5 Å². The molecular formula is C15H25N5. The van der Waals surface area contributed by atoms with Crippen molar-refractivity contribution in [3.63, 3.8) is 0 Å². The Kier molecular flexibility index (Phi) is 5.90. The fraction of sp³-hybridized carbons (Fsp3) is 0.667. The molecule has 0 atom stereocenters. The van der Waals surface area contributed by atoms with Gasteiger partial charge in [-0.05, 0) is 39.2 Å². The number of nitriles is 1. The number of aryl methyl sites for hydroxylation is 1. The highest BCUT2D eigenvalue weighted by molar-refractivity contribution is 5.56. The second-order valence-corrected chi connectivity index (χ2v) is 5.77. The molecule has 0 aliphatic rings. The quantitative estimate of drug-likeness (QED) is 0.779. The maximum absolute atomic E-state index is 9.36. The molecule has 0 bridgehead atoms. The third-order valence-corrected chi connectivity index (χ3v) is 3.03. The van der Waals surface area contributed by atoms with Crippen molar-refractivity contribution in [2.24, 2.45) is 0 Å². The number of hydrogen-bond acceptors (Lipinski definition) is 5. The van der Waals surface area contributed by atoms with Crippen LogP contribution in [0.5, 0.6) is 0 Å². The lowest BCUT2D eigenvalue weighted by molar-refractivity contribution is 0.435. The normalized spacial score (nSPS) is 11.2. The smallest absolute Gasteiger partial charge is 0.166 e. The van der Waals surface area contributed by atoms with Gasteiger partial charge in [0.15, 0.2) is 5.82 Å². The first kappa shape index (κ1) is 16.4. The summed E-state index contributed by atoms with van der Waals surface area (Å²) in [7, 11) is 0. The standard InChI is InChI=1S/C15H25N5/c1-6-11-12(10-16)14(20-19-13(11)7-2)17-8-9-18-15(3,4)5/h18H,6-9H2,1-5H3,(H,17,20). The van der Waals surface area contributed by atoms with Gasteiger partial charge in [-0.15, -0.1) is 5.10 Å². The summed E-state index contributed by atoms with van der Waals surface area (Å²) >= 11 is 0. The average molecular weight is 275 g/mol. The minimum Gasteiger partial charge on any atom is -0.366 e. The van der Waals surface area contributed by atoms with Gasteiger partial charge in [0, 0.05) is 18.6 Å². The van der Waals surface area contributed by atoms with E-state index in [1.54, 1.807) is 0 Å². The van der Waals surface area contributed by atoms with Crippen molar-refractivity contribution < 1.29 is 0 Å². The first-order valence-corrected chi connectivity index (χ1v) is 7.20. The molecule has 0 aromatic carbocycles. The number of anilines is 1. The van der Waals surface area contributed by atoms with Gasteiger partial charge < -0.3 is 10.6 Å². The number of rotatable bonds is 6. The molecule has 20 heavy (non-hydrogen) atoms. The van der Waals surface area contributed by atoms with Crippen LogP contribution < -0.4 is 10.6 Å². The number of hydrogen-bond donors (Lipinski definition) is 2. The average Bonchev–Trinajstić information content (AvgIpc) is 2.41. The van der Waals surface area contributed by atoms with Crippen molar-refractivity contribution >= 4 is 5.82 Å². The number of nitrogens with one attached hydrogen (secondary N) is 2. The van der Waals surface area contributed by atoms with E-state index in [2.05, 4.69) is 47.7 Å². The van der Waals surface area contributed by atoms with Crippen LogP contribution in [0.15, 0.2) is 0 Å². The van der Waals surface area contributed by atoms with Crippen LogP contribution in [0, 0.1) is 11.3 Å². The molecule has 0 aliphatic carbocycles. The number of nitrogens with zero attached hydrogens (tertiary/aromatic N) is 3. The molecule has 0 saturated heterocycles. The monoisotopic (exact) mass is 275 g/mol. The molecule has 110 valence electrons. The van der Waals surface area contributed by atoms with Crippen LogP contribution in [0.4, 0.5) is 5.82 Å². The second kappa shape index (κ2) is 7.20. The molecule has 1 heterocycles. The van der Waals surface area contributed by atoms with Crippen LogP contribution in [0.25, 0.3) is 0 Å². The van der Waals surface area contributed by atoms with E-state index in [0.29, 0.717) is 11.4 Å². The maximum atomic E-state index is 9.36. The van der Waals surface area contributed by atoms with E-state index in [-0.39, 0.29) is 5.54 Å². The molecule has 5 nitrogen and oxygen atoms in total. The Morgan fingerprint density at radius 3 is 2.30 bits per heavy atom. The van der Waals surface area contributed by atoms with Gasteiger partial charge >= 0.3 is 0 Å². The van der Waals surface area contributed by atoms with Crippen LogP contribution >= 0.6 is 0 Å². The summed E-state index contributed by atoms with van der Waals surface area (Å²) in [5.74, 6) is 0.595. The van der Waals surface area contributed by atoms with E-state index in [1.165, 1.54) is 0 Å². The summed E-state index contributed by atoms with van der Waals surface area (Å²) in [5.41, 5.74) is 2.65. The molecule has 0 saturated carbocycles. The molecule has 1 rings (SSSR count). The summed E-state index contributed by atoms with van der Waals surface area (Å²) in [6, 6.07) is 2.26. The molecule has 0 radical (unpaired) electrons. The molecule has 2 N–H and O–H groups in total. The van der Waals surface area contributed by atoms with Crippen LogP contribution in [0.1, 0.15) is 51.4 Å². The van der Waals surface area contributed by atoms with E-state index in [0.717, 1.165) is 37.2 Å². The van der Waals surface area contributed by atoms with Gasteiger partial charge in [0.25, 0.3) is 0 Å². The van der Waals surface area contributed by atoms with Gasteiger partial charge in [0.1, 0.15) is 11.6 Å². The first-order valence-electron chi connectivity index (χ1n) is 7.20. The molecule has 1 aromatic rings. The Balaban J connectivity index is 2.79. The van der Waals surface area contributed by atoms with Gasteiger partial charge in [0.2, 0.25) is 0 Å². The molecule has 0 amide bonds. The summed E-state index contributed by atoms with van der Waals surface area (Å²) in [6.07, 6.45) is 1.60. The molecule has 1 aromatic heterocycles. The van der Waals surface area contributed by atoms with Crippen molar-refractivity contribution in [2.75, 3.05) is 18.4 Å². The zero-order valence-corrected chi connectivity index (χ0v) is 13.2. The molecule has 0 aliphatic heterocycles. The van der Waals surface area contributed by atoms with Gasteiger partial charge in [-0.1, -0.05) is 13.8 Å². The Bertz CT molecular complexity index is 482. The van der Waals surface area contributed by atoms with Gasteiger partial charge in [-0.2, -0.15) is 10.4 Å². The Morgan fingerprint density at radius 1 is 1.10 bits per heavy atom. The summed E-state index contributed by atoms with van der Waals surface area (Å²) in [4.78, 5) is 0. The van der Waals surface area contributed by atoms with E-state index in [4.69, 9.17) is 0 Å². The van der Waals surface area contributed by atoms with Crippen molar-refractivity contribution in [3.05, 3.63) is 16.8 Å². The third-order valence-electron chi connectivity index (χ3n) is 3.03. The van der Waals surface area contributed by atoms with Gasteiger partial charge in [-0.3, -0.25) is 0 Å². The van der Waals surface area contributed by atoms with E-state index >= 15 is 0 Å². The van der Waals surface area contributed by atoms with Gasteiger partial charge in [-0.25, -0.2) is 0 Å². The Labute approximate surface area is 121 Å². The molecule has 0 spiro atoms. The minimum atomic E-state index is 0.0893. The van der Waals surface area contributed by atoms with Crippen molar-refractivity contribution in [2.45, 2.75) is 53.0 Å². The highest BCUT2D eigenvalue weighted by atomic mass is 15.2. The zero-order chi connectivity index (χ0) is 15.2. The Hall–Kier alpha value is -1.67. The van der Waals surface area contributed by atoms with Gasteiger partial charge in [0.05, 0.1) is 5.69 Å². The fourth-order valence-corrected chi connectivity index (χ4v) is 2.04. The number of aromatic nitrogens is 2. The largest absolute Gasteiger partial charge is 0.366 e. The SMILES string of the molecule is CCc1nnc(NCCNC(C)(C)C)c(C#N)c1CC. The lowest BCUT2D eigenvalue weighted by atomic mass is 10.0. The molecule has 0 unspecified atom stereocenters. The maximum Gasteiger partial charge on any atom is 0.166 e. The van der Waals surface area contributed by atoms with Crippen LogP contribution in [-0.4, -0.2) is 28.8 Å². The summed E-state index contributed by atoms with van der Waals surface area (Å²) in [5, 5.41) is 24.3. The van der Waals surface area contributed by atoms with Crippen LogP contribution in [0.3, 0.4) is 0 Å². The lowest BCUT2D eigenvalue weighted by Crippen LogP contribution is -2.38. The van der Waals surface area contributed by atoms with Crippen LogP contribution in [-0.2, 0) is 12.8 Å². The first-order chi connectivity index (χ1) is 9.42. The van der Waals surface area contributed by atoms with Crippen LogP contribution in [0.2, 0.25) is 0 Å². The topological polar surface area (TPSA) is 73.6 Å². The summed E-state index contributed by atoms with van der Waals surface area (Å²) in [6.45, 7) is 12.0. The summed E-state index contributed by atoms with van der Waals surface area (Å²) < 4.78 is 0. The minimum absolute atomic E-state index is 0.0893. The highest BCUT2D eigenvalue weighted by Gasteiger charge is 2.14. The predicted octanol–water partition coefficient (Wildman–Crippen LogP) is 2.27. The van der Waals surface area contributed by atoms with Crippen molar-refractivity contribution in [3.8, 4) is 6.07 Å². The zero-order valence-electron chi connectivity index (χ0n) is 13.2. The lowest BCUT2D eigenvalue weighted by Gasteiger charge is -2.20. The third kappa shape index (κ3) is 4.46. The second-order valence-electron chi connectivity index (χ2n) is 5.77. The molecule has 0 fully saturated rings. The Morgan fingerprint density at radius 2 is 1.80 bits per heavy atom. The predicted molar refractivity (Wildman–Crippen MR) is 81.7 cm³/mol. The van der Waals surface area contributed by atoms with E-state index < -0.39 is 0 Å².